The van der Waals surface area contributed by atoms with E-state index in [0.717, 1.165) is 12.8 Å². The van der Waals surface area contributed by atoms with Gasteiger partial charge in [-0.3, -0.25) is 4.68 Å². The molecule has 0 aliphatic heterocycles. The molecule has 1 atom stereocenters. The largest absolute Gasteiger partial charge is 0.272 e. The number of rotatable bonds is 1. The van der Waals surface area contributed by atoms with Gasteiger partial charge in [0.05, 0.1) is 5.69 Å². The van der Waals surface area contributed by atoms with E-state index in [4.69, 9.17) is 0 Å². The Balaban J connectivity index is 2.33. The Kier molecular flexibility index (Phi) is 1.79. The zero-order chi connectivity index (χ0) is 9.59. The lowest BCUT2D eigenvalue weighted by Crippen LogP contribution is -2.04. The Morgan fingerprint density at radius 1 is 1.54 bits per heavy atom. The van der Waals surface area contributed by atoms with Gasteiger partial charge in [0.15, 0.2) is 0 Å². The summed E-state index contributed by atoms with van der Waals surface area (Å²) in [4.78, 5) is 0. The number of aromatic nitrogens is 2. The molecule has 0 spiro atoms. The van der Waals surface area contributed by atoms with Gasteiger partial charge in [0.2, 0.25) is 0 Å². The van der Waals surface area contributed by atoms with Crippen molar-refractivity contribution < 1.29 is 0 Å². The molecule has 2 heteroatoms. The van der Waals surface area contributed by atoms with Crippen LogP contribution in [0.5, 0.6) is 0 Å². The Morgan fingerprint density at radius 3 is 2.77 bits per heavy atom. The first kappa shape index (κ1) is 8.54. The first-order chi connectivity index (χ1) is 6.09. The third kappa shape index (κ3) is 1.21. The fourth-order valence-electron chi connectivity index (χ4n) is 2.05. The van der Waals surface area contributed by atoms with Crippen molar-refractivity contribution in [3.8, 4) is 0 Å². The molecule has 2 nitrogen and oxygen atoms in total. The van der Waals surface area contributed by atoms with E-state index in [1.807, 2.05) is 11.7 Å². The summed E-state index contributed by atoms with van der Waals surface area (Å²) in [6.07, 6.45) is 2.23. The average molecular weight is 176 g/mol. The molecule has 0 amide bonds. The van der Waals surface area contributed by atoms with Crippen LogP contribution in [0.2, 0.25) is 0 Å². The molecule has 0 bridgehead atoms. The molecule has 2 rings (SSSR count). The number of allylic oxidation sites excluding steroid dienone is 1. The van der Waals surface area contributed by atoms with E-state index in [0.29, 0.717) is 5.92 Å². The zero-order valence-electron chi connectivity index (χ0n) is 8.59. The molecule has 13 heavy (non-hydrogen) atoms. The van der Waals surface area contributed by atoms with Crippen molar-refractivity contribution in [3.63, 3.8) is 0 Å². The molecule has 70 valence electrons. The van der Waals surface area contributed by atoms with Crippen molar-refractivity contribution in [3.05, 3.63) is 29.1 Å². The van der Waals surface area contributed by atoms with Crippen molar-refractivity contribution in [2.45, 2.75) is 26.7 Å². The van der Waals surface area contributed by atoms with Crippen molar-refractivity contribution in [2.75, 3.05) is 0 Å². The summed E-state index contributed by atoms with van der Waals surface area (Å²) < 4.78 is 1.99. The minimum absolute atomic E-state index is 0.636. The second-order valence-corrected chi connectivity index (χ2v) is 4.09. The monoisotopic (exact) mass is 176 g/mol. The maximum Gasteiger partial charge on any atom is 0.0665 e. The van der Waals surface area contributed by atoms with Crippen LogP contribution in [0.4, 0.5) is 0 Å². The van der Waals surface area contributed by atoms with E-state index in [1.165, 1.54) is 22.5 Å². The van der Waals surface area contributed by atoms with Crippen LogP contribution in [-0.4, -0.2) is 9.78 Å². The summed E-state index contributed by atoms with van der Waals surface area (Å²) in [5.41, 5.74) is 5.35. The fourth-order valence-corrected chi connectivity index (χ4v) is 2.05. The highest BCUT2D eigenvalue weighted by molar-refractivity contribution is 5.33. The molecule has 0 N–H and O–H groups in total. The first-order valence-electron chi connectivity index (χ1n) is 4.76. The van der Waals surface area contributed by atoms with Crippen LogP contribution in [-0.2, 0) is 19.9 Å². The fraction of sp³-hybridized carbons (Fsp3) is 0.545. The number of aryl methyl sites for hydroxylation is 1. The molecular weight excluding hydrogens is 160 g/mol. The topological polar surface area (TPSA) is 17.8 Å². The molecule has 0 unspecified atom stereocenters. The summed E-state index contributed by atoms with van der Waals surface area (Å²) >= 11 is 0. The third-order valence-corrected chi connectivity index (χ3v) is 3.13. The molecule has 0 saturated carbocycles. The first-order valence-corrected chi connectivity index (χ1v) is 4.76. The van der Waals surface area contributed by atoms with Gasteiger partial charge in [-0.1, -0.05) is 12.2 Å². The quantitative estimate of drug-likeness (QED) is 0.599. The number of hydrogen-bond acceptors (Lipinski definition) is 1. The summed E-state index contributed by atoms with van der Waals surface area (Å²) in [6, 6.07) is 0. The van der Waals surface area contributed by atoms with Gasteiger partial charge < -0.3 is 0 Å². The van der Waals surface area contributed by atoms with Gasteiger partial charge in [-0.15, -0.1) is 0 Å². The van der Waals surface area contributed by atoms with Gasteiger partial charge in [0.1, 0.15) is 0 Å². The van der Waals surface area contributed by atoms with Gasteiger partial charge in [-0.05, 0) is 38.2 Å². The maximum absolute atomic E-state index is 4.50. The Hall–Kier alpha value is -1.05. The van der Waals surface area contributed by atoms with Crippen molar-refractivity contribution in [2.24, 2.45) is 13.0 Å². The van der Waals surface area contributed by atoms with Crippen molar-refractivity contribution in [1.29, 1.82) is 0 Å². The van der Waals surface area contributed by atoms with Crippen LogP contribution in [0, 0.1) is 12.8 Å². The van der Waals surface area contributed by atoms with E-state index < -0.39 is 0 Å². The molecule has 1 aromatic heterocycles. The molecule has 1 heterocycles. The van der Waals surface area contributed by atoms with Gasteiger partial charge >= 0.3 is 0 Å². The van der Waals surface area contributed by atoms with E-state index in [-0.39, 0.29) is 0 Å². The number of fused-ring (bicyclic) bond motifs is 1. The standard InChI is InChI=1S/C11H16N2/c1-7(2)9-5-10-8(3)13(4)12-11(10)6-9/h9H,1,5-6H2,2-4H3/t9-/m0/s1. The SMILES string of the molecule is C=C(C)[C@@H]1Cc2nn(C)c(C)c2C1. The van der Waals surface area contributed by atoms with E-state index >= 15 is 0 Å². The predicted molar refractivity (Wildman–Crippen MR) is 53.7 cm³/mol. The summed E-state index contributed by atoms with van der Waals surface area (Å²) in [5.74, 6) is 0.636. The van der Waals surface area contributed by atoms with Crippen molar-refractivity contribution >= 4 is 0 Å². The molecule has 1 aromatic rings. The zero-order valence-corrected chi connectivity index (χ0v) is 8.59. The lowest BCUT2D eigenvalue weighted by atomic mass is 9.99. The Labute approximate surface area is 79.3 Å². The summed E-state index contributed by atoms with van der Waals surface area (Å²) in [5, 5.41) is 4.50. The van der Waals surface area contributed by atoms with Crippen LogP contribution in [0.1, 0.15) is 23.9 Å². The second-order valence-electron chi connectivity index (χ2n) is 4.09. The van der Waals surface area contributed by atoms with Crippen LogP contribution >= 0.6 is 0 Å². The van der Waals surface area contributed by atoms with Crippen LogP contribution in [0.25, 0.3) is 0 Å². The van der Waals surface area contributed by atoms with Gasteiger partial charge in [0.25, 0.3) is 0 Å². The highest BCUT2D eigenvalue weighted by Gasteiger charge is 2.26. The molecule has 0 fully saturated rings. The lowest BCUT2D eigenvalue weighted by molar-refractivity contribution is 0.620. The average Bonchev–Trinajstić information content (AvgIpc) is 2.55. The number of hydrogen-bond donors (Lipinski definition) is 0. The van der Waals surface area contributed by atoms with E-state index in [1.54, 1.807) is 0 Å². The molecule has 0 saturated heterocycles. The molecule has 0 aromatic carbocycles. The van der Waals surface area contributed by atoms with Crippen LogP contribution < -0.4 is 0 Å². The predicted octanol–water partition coefficient (Wildman–Crippen LogP) is 2.02. The molecule has 1 aliphatic rings. The molecule has 1 aliphatic carbocycles. The molecule has 0 radical (unpaired) electrons. The minimum Gasteiger partial charge on any atom is -0.272 e. The highest BCUT2D eigenvalue weighted by Crippen LogP contribution is 2.31. The Bertz CT molecular complexity index is 360. The summed E-state index contributed by atoms with van der Waals surface area (Å²) in [6.45, 7) is 8.28. The van der Waals surface area contributed by atoms with Crippen LogP contribution in [0.3, 0.4) is 0 Å². The number of nitrogens with zero attached hydrogens (tertiary/aromatic N) is 2. The second kappa shape index (κ2) is 2.72. The van der Waals surface area contributed by atoms with Gasteiger partial charge in [-0.2, -0.15) is 5.10 Å². The lowest BCUT2D eigenvalue weighted by Gasteiger charge is -2.08. The highest BCUT2D eigenvalue weighted by atomic mass is 15.3. The minimum atomic E-state index is 0.636. The molecular formula is C11H16N2. The summed E-state index contributed by atoms with van der Waals surface area (Å²) in [7, 11) is 2.02. The smallest absolute Gasteiger partial charge is 0.0665 e. The maximum atomic E-state index is 4.50. The third-order valence-electron chi connectivity index (χ3n) is 3.13. The van der Waals surface area contributed by atoms with Gasteiger partial charge in [-0.25, -0.2) is 0 Å². The van der Waals surface area contributed by atoms with Gasteiger partial charge in [0, 0.05) is 12.7 Å². The van der Waals surface area contributed by atoms with E-state index in [9.17, 15) is 0 Å². The Morgan fingerprint density at radius 2 is 2.23 bits per heavy atom. The normalized spacial score (nSPS) is 20.4. The van der Waals surface area contributed by atoms with Crippen molar-refractivity contribution in [1.82, 2.24) is 9.78 Å². The van der Waals surface area contributed by atoms with E-state index in [2.05, 4.69) is 25.5 Å². The van der Waals surface area contributed by atoms with Crippen LogP contribution in [0.15, 0.2) is 12.2 Å².